The van der Waals surface area contributed by atoms with Crippen molar-refractivity contribution in [2.24, 2.45) is 0 Å². The van der Waals surface area contributed by atoms with Crippen LogP contribution in [0.5, 0.6) is 0 Å². The molecule has 9 aromatic carbocycles. The second-order valence-corrected chi connectivity index (χ2v) is 21.6. The lowest BCUT2D eigenvalue weighted by atomic mass is 9.75. The van der Waals surface area contributed by atoms with Crippen LogP contribution in [-0.4, -0.2) is 10.6 Å². The van der Waals surface area contributed by atoms with Gasteiger partial charge in [-0.15, -0.1) is 0 Å². The summed E-state index contributed by atoms with van der Waals surface area (Å²) >= 11 is 0. The summed E-state index contributed by atoms with van der Waals surface area (Å²) in [6, 6.07) is 74.0. The van der Waals surface area contributed by atoms with Gasteiger partial charge in [-0.1, -0.05) is 161 Å². The lowest BCUT2D eigenvalue weighted by Gasteiger charge is -2.34. The van der Waals surface area contributed by atoms with Crippen molar-refractivity contribution >= 4 is 38.8 Å². The van der Waals surface area contributed by atoms with Crippen molar-refractivity contribution in [3.63, 3.8) is 0 Å². The highest BCUT2D eigenvalue weighted by molar-refractivity contribution is 6.12. The summed E-state index contributed by atoms with van der Waals surface area (Å²) in [4.78, 5) is 2.61. The van der Waals surface area contributed by atoms with Gasteiger partial charge in [0.05, 0.1) is 17.1 Å². The predicted octanol–water partition coefficient (Wildman–Crippen LogP) is 17.3. The number of anilines is 2. The maximum Gasteiger partial charge on any atom is 0.0635 e. The van der Waals surface area contributed by atoms with Crippen molar-refractivity contribution in [1.82, 2.24) is 4.57 Å². The number of aromatic nitrogens is 1. The highest BCUT2D eigenvalue weighted by Crippen LogP contribution is 2.55. The summed E-state index contributed by atoms with van der Waals surface area (Å²) in [6.45, 7) is 9.45. The molecular weight excluding hydrogens is 845 g/mol. The molecule has 2 heteroatoms. The van der Waals surface area contributed by atoms with E-state index in [2.05, 4.69) is 243 Å². The van der Waals surface area contributed by atoms with Crippen LogP contribution in [0.3, 0.4) is 0 Å². The summed E-state index contributed by atoms with van der Waals surface area (Å²) in [7, 11) is 0. The van der Waals surface area contributed by atoms with E-state index in [1.54, 1.807) is 0 Å². The summed E-state index contributed by atoms with van der Waals surface area (Å²) in [5, 5.41) is 2.62. The van der Waals surface area contributed by atoms with E-state index in [0.717, 1.165) is 12.8 Å². The second kappa shape index (κ2) is 14.3. The maximum absolute atomic E-state index is 2.65. The molecule has 0 bridgehead atoms. The molecule has 1 aliphatic heterocycles. The number of hydrogen-bond acceptors (Lipinski definition) is 1. The Morgan fingerprint density at radius 3 is 1.63 bits per heavy atom. The number of nitrogens with zero attached hydrogens (tertiary/aromatic N) is 2. The SMILES string of the molecule is CC1(C)c2ccccc2-c2cc(-c3ccc4c(c3)C3C=C5CCc6cc7c8cc(-c9ccc%10c(c9)-c9ccccc9C%10(C)C)ccc8n(-c8ccccc8)c7cc6C5=CC3N4c3ccccc3)ccc21. The average Bonchev–Trinajstić information content (AvgIpc) is 4.05. The number of rotatable bonds is 4. The third-order valence-electron chi connectivity index (χ3n) is 17.2. The van der Waals surface area contributed by atoms with E-state index in [1.807, 2.05) is 0 Å². The van der Waals surface area contributed by atoms with Crippen molar-refractivity contribution in [3.8, 4) is 50.2 Å². The van der Waals surface area contributed by atoms with Gasteiger partial charge in [-0.2, -0.15) is 0 Å². The van der Waals surface area contributed by atoms with Crippen LogP contribution in [0.1, 0.15) is 79.0 Å². The molecule has 2 atom stereocenters. The highest BCUT2D eigenvalue weighted by atomic mass is 15.2. The molecule has 2 heterocycles. The summed E-state index contributed by atoms with van der Waals surface area (Å²) < 4.78 is 2.50. The number of para-hydroxylation sites is 2. The van der Waals surface area contributed by atoms with Crippen LogP contribution in [0.25, 0.3) is 77.6 Å². The van der Waals surface area contributed by atoms with Crippen LogP contribution in [0.15, 0.2) is 212 Å². The van der Waals surface area contributed by atoms with Gasteiger partial charge in [0.25, 0.3) is 0 Å². The number of aryl methyl sites for hydroxylation is 1. The fourth-order valence-electron chi connectivity index (χ4n) is 13.7. The first-order valence-electron chi connectivity index (χ1n) is 25.3. The Kier molecular flexibility index (Phi) is 8.18. The normalized spacial score (nSPS) is 18.3. The summed E-state index contributed by atoms with van der Waals surface area (Å²) in [5.41, 5.74) is 29.5. The van der Waals surface area contributed by atoms with Crippen molar-refractivity contribution in [2.45, 2.75) is 63.3 Å². The van der Waals surface area contributed by atoms with E-state index < -0.39 is 0 Å². The minimum atomic E-state index is -0.0135. The van der Waals surface area contributed by atoms with Gasteiger partial charge in [0, 0.05) is 44.6 Å². The molecule has 5 aliphatic rings. The standard InChI is InChI=1S/C68H52N2/c1-67(2)59-21-13-11-19-49(59)53-33-41(25-29-61(53)67)43-27-31-63-55(35-43)57-37-45-23-24-46-38-58-56-36-44(42-26-30-62-54(34-42)50-20-12-14-22-60(50)68(62,3)4)28-32-64(56)70(48-17-9-6-10-18-48)66(58)40-52(46)51(45)39-65(57)69(63)47-15-7-5-8-16-47/h5-22,25-40,57,65H,23-24H2,1-4H3. The molecule has 15 rings (SSSR count). The molecule has 0 saturated heterocycles. The molecule has 0 fully saturated rings. The van der Waals surface area contributed by atoms with Gasteiger partial charge in [0.1, 0.15) is 0 Å². The fourth-order valence-corrected chi connectivity index (χ4v) is 13.7. The van der Waals surface area contributed by atoms with Crippen molar-refractivity contribution in [1.29, 1.82) is 0 Å². The van der Waals surface area contributed by atoms with E-state index in [-0.39, 0.29) is 22.8 Å². The molecule has 0 amide bonds. The molecule has 1 aromatic heterocycles. The first kappa shape index (κ1) is 40.0. The van der Waals surface area contributed by atoms with Gasteiger partial charge in [0.15, 0.2) is 0 Å². The van der Waals surface area contributed by atoms with Crippen LogP contribution >= 0.6 is 0 Å². The Balaban J connectivity index is 0.860. The summed E-state index contributed by atoms with van der Waals surface area (Å²) in [6.07, 6.45) is 7.33. The van der Waals surface area contributed by atoms with Crippen LogP contribution in [-0.2, 0) is 17.3 Å². The number of hydrogen-bond donors (Lipinski definition) is 0. The minimum absolute atomic E-state index is 0.00886. The van der Waals surface area contributed by atoms with E-state index >= 15 is 0 Å². The molecule has 0 spiro atoms. The average molecular weight is 897 g/mol. The topological polar surface area (TPSA) is 8.17 Å². The molecular formula is C68H52N2. The van der Waals surface area contributed by atoms with Crippen molar-refractivity contribution in [3.05, 3.63) is 251 Å². The monoisotopic (exact) mass is 896 g/mol. The van der Waals surface area contributed by atoms with Crippen LogP contribution in [0.2, 0.25) is 0 Å². The molecule has 2 nitrogen and oxygen atoms in total. The van der Waals surface area contributed by atoms with Crippen LogP contribution in [0, 0.1) is 0 Å². The molecule has 0 radical (unpaired) electrons. The molecule has 10 aromatic rings. The maximum atomic E-state index is 2.65. The van der Waals surface area contributed by atoms with E-state index in [0.29, 0.717) is 0 Å². The second-order valence-electron chi connectivity index (χ2n) is 21.6. The molecule has 70 heavy (non-hydrogen) atoms. The van der Waals surface area contributed by atoms with Crippen molar-refractivity contribution < 1.29 is 0 Å². The van der Waals surface area contributed by atoms with Crippen LogP contribution in [0.4, 0.5) is 11.4 Å². The molecule has 334 valence electrons. The smallest absolute Gasteiger partial charge is 0.0635 e. The lowest BCUT2D eigenvalue weighted by Crippen LogP contribution is -2.30. The van der Waals surface area contributed by atoms with Crippen LogP contribution < -0.4 is 4.90 Å². The zero-order chi connectivity index (χ0) is 46.6. The van der Waals surface area contributed by atoms with Gasteiger partial charge in [-0.3, -0.25) is 0 Å². The number of allylic oxidation sites excluding steroid dienone is 2. The Morgan fingerprint density at radius 2 is 0.957 bits per heavy atom. The molecule has 0 saturated carbocycles. The first-order valence-corrected chi connectivity index (χ1v) is 25.3. The highest BCUT2D eigenvalue weighted by Gasteiger charge is 2.42. The van der Waals surface area contributed by atoms with Gasteiger partial charge >= 0.3 is 0 Å². The quantitative estimate of drug-likeness (QED) is 0.171. The van der Waals surface area contributed by atoms with E-state index in [9.17, 15) is 0 Å². The predicted molar refractivity (Wildman–Crippen MR) is 293 cm³/mol. The summed E-state index contributed by atoms with van der Waals surface area (Å²) in [5.74, 6) is 0.237. The largest absolute Gasteiger partial charge is 0.333 e. The first-order chi connectivity index (χ1) is 34.2. The Bertz CT molecular complexity index is 3950. The fraction of sp³-hybridized carbons (Fsp3) is 0.147. The van der Waals surface area contributed by atoms with E-state index in [4.69, 9.17) is 0 Å². The Labute approximate surface area is 410 Å². The lowest BCUT2D eigenvalue weighted by molar-refractivity contribution is 0.660. The molecule has 4 aliphatic carbocycles. The molecule has 0 N–H and O–H groups in total. The number of fused-ring (bicyclic) bond motifs is 15. The Morgan fingerprint density at radius 1 is 0.414 bits per heavy atom. The minimum Gasteiger partial charge on any atom is -0.333 e. The van der Waals surface area contributed by atoms with Crippen molar-refractivity contribution in [2.75, 3.05) is 4.90 Å². The number of benzene rings is 9. The molecule has 2 unspecified atom stereocenters. The van der Waals surface area contributed by atoms with Gasteiger partial charge in [-0.05, 0) is 180 Å². The van der Waals surface area contributed by atoms with Gasteiger partial charge < -0.3 is 9.47 Å². The van der Waals surface area contributed by atoms with Gasteiger partial charge in [-0.25, -0.2) is 0 Å². The third kappa shape index (κ3) is 5.51. The zero-order valence-electron chi connectivity index (χ0n) is 40.1. The Hall–Kier alpha value is -7.94. The zero-order valence-corrected chi connectivity index (χ0v) is 40.1. The van der Waals surface area contributed by atoms with E-state index in [1.165, 1.54) is 133 Å². The van der Waals surface area contributed by atoms with Gasteiger partial charge in [0.2, 0.25) is 0 Å². The third-order valence-corrected chi connectivity index (χ3v) is 17.2.